The standard InChI is InChI=1S/C15H29NO3S/c1-11(13-6-5-7-20(13,17)18)8-12-10-19-14(9-16-12)15(2,3)4/h11-14,16H,5-10H2,1-4H3. The molecule has 0 aromatic rings. The minimum absolute atomic E-state index is 0.135. The van der Waals surface area contributed by atoms with Crippen molar-refractivity contribution in [3.63, 3.8) is 0 Å². The fourth-order valence-corrected chi connectivity index (χ4v) is 5.60. The molecule has 20 heavy (non-hydrogen) atoms. The van der Waals surface area contributed by atoms with Gasteiger partial charge in [-0.1, -0.05) is 27.7 Å². The minimum Gasteiger partial charge on any atom is -0.375 e. The SMILES string of the molecule is CC(CC1COC(C(C)(C)C)CN1)C1CCCS1(=O)=O. The summed E-state index contributed by atoms with van der Waals surface area (Å²) in [6.45, 7) is 10.2. The molecule has 0 aliphatic carbocycles. The van der Waals surface area contributed by atoms with Crippen LogP contribution in [0, 0.1) is 11.3 Å². The fourth-order valence-electron chi connectivity index (χ4n) is 3.39. The smallest absolute Gasteiger partial charge is 0.153 e. The summed E-state index contributed by atoms with van der Waals surface area (Å²) < 4.78 is 29.9. The Hall–Kier alpha value is -0.130. The first kappa shape index (κ1) is 16.2. The fraction of sp³-hybridized carbons (Fsp3) is 1.00. The number of rotatable bonds is 3. The molecule has 2 rings (SSSR count). The number of morpholine rings is 1. The maximum Gasteiger partial charge on any atom is 0.153 e. The molecule has 5 heteroatoms. The van der Waals surface area contributed by atoms with Crippen LogP contribution < -0.4 is 5.32 Å². The van der Waals surface area contributed by atoms with E-state index in [2.05, 4.69) is 33.0 Å². The Morgan fingerprint density at radius 3 is 2.50 bits per heavy atom. The zero-order valence-electron chi connectivity index (χ0n) is 13.2. The van der Waals surface area contributed by atoms with Crippen LogP contribution in [0.3, 0.4) is 0 Å². The molecular weight excluding hydrogens is 274 g/mol. The van der Waals surface area contributed by atoms with Crippen molar-refractivity contribution in [1.82, 2.24) is 5.32 Å². The van der Waals surface area contributed by atoms with E-state index >= 15 is 0 Å². The largest absolute Gasteiger partial charge is 0.375 e. The van der Waals surface area contributed by atoms with Gasteiger partial charge in [-0.15, -0.1) is 0 Å². The van der Waals surface area contributed by atoms with Crippen molar-refractivity contribution in [1.29, 1.82) is 0 Å². The summed E-state index contributed by atoms with van der Waals surface area (Å²) in [5, 5.41) is 3.40. The molecule has 118 valence electrons. The average molecular weight is 303 g/mol. The summed E-state index contributed by atoms with van der Waals surface area (Å²) >= 11 is 0. The van der Waals surface area contributed by atoms with Gasteiger partial charge in [0.25, 0.3) is 0 Å². The van der Waals surface area contributed by atoms with Gasteiger partial charge in [-0.3, -0.25) is 0 Å². The lowest BCUT2D eigenvalue weighted by Gasteiger charge is -2.38. The van der Waals surface area contributed by atoms with Crippen molar-refractivity contribution < 1.29 is 13.2 Å². The second-order valence-electron chi connectivity index (χ2n) is 7.55. The van der Waals surface area contributed by atoms with E-state index < -0.39 is 9.84 Å². The van der Waals surface area contributed by atoms with E-state index in [1.165, 1.54) is 0 Å². The molecular formula is C15H29NO3S. The Morgan fingerprint density at radius 2 is 2.05 bits per heavy atom. The Labute approximate surface area is 123 Å². The van der Waals surface area contributed by atoms with Crippen LogP contribution in [0.4, 0.5) is 0 Å². The van der Waals surface area contributed by atoms with Crippen molar-refractivity contribution in [3.8, 4) is 0 Å². The molecule has 4 unspecified atom stereocenters. The van der Waals surface area contributed by atoms with Gasteiger partial charge in [-0.25, -0.2) is 8.42 Å². The molecule has 2 saturated heterocycles. The summed E-state index contributed by atoms with van der Waals surface area (Å²) in [6, 6.07) is 0.291. The van der Waals surface area contributed by atoms with E-state index in [9.17, 15) is 8.42 Å². The normalized spacial score (nSPS) is 35.9. The minimum atomic E-state index is -2.84. The van der Waals surface area contributed by atoms with Crippen molar-refractivity contribution in [2.75, 3.05) is 18.9 Å². The molecule has 0 saturated carbocycles. The predicted octanol–water partition coefficient (Wildman–Crippen LogP) is 1.99. The summed E-state index contributed by atoms with van der Waals surface area (Å²) in [4.78, 5) is 0. The lowest BCUT2D eigenvalue weighted by molar-refractivity contribution is -0.0566. The molecule has 0 aromatic heterocycles. The van der Waals surface area contributed by atoms with Crippen LogP contribution in [-0.2, 0) is 14.6 Å². The first-order valence-corrected chi connectivity index (χ1v) is 9.48. The molecule has 2 aliphatic rings. The van der Waals surface area contributed by atoms with Crippen LogP contribution in [0.5, 0.6) is 0 Å². The summed E-state index contributed by atoms with van der Waals surface area (Å²) in [5.41, 5.74) is 0.151. The highest BCUT2D eigenvalue weighted by molar-refractivity contribution is 7.92. The molecule has 0 bridgehead atoms. The molecule has 0 spiro atoms. The Balaban J connectivity index is 1.84. The monoisotopic (exact) mass is 303 g/mol. The summed E-state index contributed by atoms with van der Waals surface area (Å²) in [5.74, 6) is 0.595. The maximum atomic E-state index is 12.0. The third-order valence-corrected chi connectivity index (χ3v) is 7.21. The van der Waals surface area contributed by atoms with E-state index in [4.69, 9.17) is 4.74 Å². The van der Waals surface area contributed by atoms with Gasteiger partial charge in [0.2, 0.25) is 0 Å². The summed E-state index contributed by atoms with van der Waals surface area (Å²) in [7, 11) is -2.84. The molecule has 2 heterocycles. The number of nitrogens with one attached hydrogen (secondary N) is 1. The van der Waals surface area contributed by atoms with Crippen LogP contribution in [0.25, 0.3) is 0 Å². The first-order chi connectivity index (χ1) is 9.20. The van der Waals surface area contributed by atoms with Gasteiger partial charge in [0, 0.05) is 12.6 Å². The van der Waals surface area contributed by atoms with Crippen LogP contribution >= 0.6 is 0 Å². The molecule has 0 amide bonds. The molecule has 0 aromatic carbocycles. The van der Waals surface area contributed by atoms with Crippen LogP contribution in [0.1, 0.15) is 47.0 Å². The van der Waals surface area contributed by atoms with Crippen molar-refractivity contribution in [2.45, 2.75) is 64.4 Å². The van der Waals surface area contributed by atoms with Crippen molar-refractivity contribution >= 4 is 9.84 Å². The molecule has 2 aliphatic heterocycles. The van der Waals surface area contributed by atoms with Gasteiger partial charge < -0.3 is 10.1 Å². The highest BCUT2D eigenvalue weighted by Gasteiger charge is 2.37. The lowest BCUT2D eigenvalue weighted by atomic mass is 9.87. The quantitative estimate of drug-likeness (QED) is 0.866. The molecule has 2 fully saturated rings. The number of hydrogen-bond acceptors (Lipinski definition) is 4. The second-order valence-corrected chi connectivity index (χ2v) is 9.89. The third kappa shape index (κ3) is 3.74. The number of hydrogen-bond donors (Lipinski definition) is 1. The zero-order valence-corrected chi connectivity index (χ0v) is 14.0. The predicted molar refractivity (Wildman–Crippen MR) is 81.6 cm³/mol. The summed E-state index contributed by atoms with van der Waals surface area (Å²) in [6.07, 6.45) is 2.80. The Bertz CT molecular complexity index is 419. The van der Waals surface area contributed by atoms with Crippen LogP contribution in [0.2, 0.25) is 0 Å². The van der Waals surface area contributed by atoms with E-state index in [0.717, 1.165) is 25.8 Å². The van der Waals surface area contributed by atoms with E-state index in [1.807, 2.05) is 0 Å². The van der Waals surface area contributed by atoms with Crippen LogP contribution in [-0.4, -0.2) is 44.7 Å². The number of ether oxygens (including phenoxy) is 1. The number of sulfone groups is 1. The lowest BCUT2D eigenvalue weighted by Crippen LogP contribution is -2.51. The molecule has 4 atom stereocenters. The Morgan fingerprint density at radius 1 is 1.35 bits per heavy atom. The zero-order chi connectivity index (χ0) is 15.0. The molecule has 4 nitrogen and oxygen atoms in total. The van der Waals surface area contributed by atoms with Crippen molar-refractivity contribution in [3.05, 3.63) is 0 Å². The van der Waals surface area contributed by atoms with Gasteiger partial charge in [-0.2, -0.15) is 0 Å². The molecule has 1 N–H and O–H groups in total. The van der Waals surface area contributed by atoms with Crippen molar-refractivity contribution in [2.24, 2.45) is 11.3 Å². The van der Waals surface area contributed by atoms with Gasteiger partial charge >= 0.3 is 0 Å². The van der Waals surface area contributed by atoms with E-state index in [-0.39, 0.29) is 22.7 Å². The molecule has 0 radical (unpaired) electrons. The van der Waals surface area contributed by atoms with Gasteiger partial charge in [0.1, 0.15) is 0 Å². The topological polar surface area (TPSA) is 55.4 Å². The highest BCUT2D eigenvalue weighted by Crippen LogP contribution is 2.30. The van der Waals surface area contributed by atoms with Crippen LogP contribution in [0.15, 0.2) is 0 Å². The van der Waals surface area contributed by atoms with Gasteiger partial charge in [0.05, 0.1) is 23.7 Å². The second kappa shape index (κ2) is 5.93. The average Bonchev–Trinajstić information content (AvgIpc) is 2.68. The Kier molecular flexibility index (Phi) is 4.82. The maximum absolute atomic E-state index is 12.0. The van der Waals surface area contributed by atoms with E-state index in [0.29, 0.717) is 18.4 Å². The van der Waals surface area contributed by atoms with E-state index in [1.54, 1.807) is 0 Å². The third-order valence-electron chi connectivity index (χ3n) is 4.73. The van der Waals surface area contributed by atoms with Gasteiger partial charge in [-0.05, 0) is 30.6 Å². The first-order valence-electron chi connectivity index (χ1n) is 7.76. The highest BCUT2D eigenvalue weighted by atomic mass is 32.2. The van der Waals surface area contributed by atoms with Gasteiger partial charge in [0.15, 0.2) is 9.84 Å².